The molecule has 0 bridgehead atoms. The summed E-state index contributed by atoms with van der Waals surface area (Å²) < 4.78 is 5.68. The molecule has 0 amide bonds. The lowest BCUT2D eigenvalue weighted by molar-refractivity contribution is -0.112. The highest BCUT2D eigenvalue weighted by atomic mass is 16.5. The zero-order chi connectivity index (χ0) is 10.1. The van der Waals surface area contributed by atoms with Crippen LogP contribution >= 0.6 is 0 Å². The molecule has 0 aliphatic heterocycles. The molecule has 0 radical (unpaired) electrons. The fraction of sp³-hybridized carbons (Fsp3) is 1.00. The summed E-state index contributed by atoms with van der Waals surface area (Å²) in [6, 6.07) is 0. The van der Waals surface area contributed by atoms with Gasteiger partial charge in [0.15, 0.2) is 0 Å². The molecule has 0 spiro atoms. The van der Waals surface area contributed by atoms with Crippen LogP contribution in [0.2, 0.25) is 0 Å². The van der Waals surface area contributed by atoms with Crippen LogP contribution in [0.4, 0.5) is 0 Å². The Morgan fingerprint density at radius 3 is 1.69 bits per heavy atom. The van der Waals surface area contributed by atoms with Gasteiger partial charge in [0.05, 0.1) is 6.10 Å². The highest BCUT2D eigenvalue weighted by Gasteiger charge is 2.47. The minimum absolute atomic E-state index is 0.459. The van der Waals surface area contributed by atoms with Gasteiger partial charge in [-0.2, -0.15) is 0 Å². The third kappa shape index (κ3) is 1.76. The van der Waals surface area contributed by atoms with Crippen molar-refractivity contribution < 1.29 is 4.74 Å². The SMILES string of the molecule is COC(C(C)C)C1(C(C)C)CCC1. The summed E-state index contributed by atoms with van der Waals surface area (Å²) in [6.45, 7) is 9.23. The van der Waals surface area contributed by atoms with Crippen LogP contribution < -0.4 is 0 Å². The van der Waals surface area contributed by atoms with Crippen molar-refractivity contribution in [3.63, 3.8) is 0 Å². The van der Waals surface area contributed by atoms with E-state index in [1.54, 1.807) is 0 Å². The van der Waals surface area contributed by atoms with Crippen molar-refractivity contribution >= 4 is 0 Å². The summed E-state index contributed by atoms with van der Waals surface area (Å²) in [6.07, 6.45) is 4.58. The second-order valence-corrected chi connectivity index (χ2v) is 5.14. The van der Waals surface area contributed by atoms with Gasteiger partial charge in [-0.3, -0.25) is 0 Å². The Morgan fingerprint density at radius 2 is 1.62 bits per heavy atom. The predicted octanol–water partition coefficient (Wildman–Crippen LogP) is 3.48. The average molecular weight is 184 g/mol. The summed E-state index contributed by atoms with van der Waals surface area (Å²) in [5, 5.41) is 0. The Labute approximate surface area is 82.9 Å². The molecular formula is C12H24O. The van der Waals surface area contributed by atoms with Gasteiger partial charge in [0.25, 0.3) is 0 Å². The Bertz CT molecular complexity index is 157. The molecule has 0 aromatic heterocycles. The molecule has 0 N–H and O–H groups in total. The average Bonchev–Trinajstić information content (AvgIpc) is 1.94. The van der Waals surface area contributed by atoms with E-state index in [-0.39, 0.29) is 0 Å². The molecule has 1 aliphatic carbocycles. The lowest BCUT2D eigenvalue weighted by Crippen LogP contribution is -2.48. The maximum absolute atomic E-state index is 5.68. The molecule has 1 heteroatoms. The minimum Gasteiger partial charge on any atom is -0.381 e. The molecule has 0 saturated heterocycles. The Kier molecular flexibility index (Phi) is 3.39. The zero-order valence-electron chi connectivity index (χ0n) is 9.76. The van der Waals surface area contributed by atoms with E-state index in [1.165, 1.54) is 19.3 Å². The molecule has 13 heavy (non-hydrogen) atoms. The second-order valence-electron chi connectivity index (χ2n) is 5.14. The van der Waals surface area contributed by atoms with E-state index in [2.05, 4.69) is 27.7 Å². The normalized spacial score (nSPS) is 23.3. The molecule has 0 aromatic rings. The number of hydrogen-bond acceptors (Lipinski definition) is 1. The van der Waals surface area contributed by atoms with Gasteiger partial charge in [0.2, 0.25) is 0 Å². The van der Waals surface area contributed by atoms with E-state index in [9.17, 15) is 0 Å². The molecule has 1 nitrogen and oxygen atoms in total. The van der Waals surface area contributed by atoms with Crippen molar-refractivity contribution in [2.75, 3.05) is 7.11 Å². The maximum atomic E-state index is 5.68. The van der Waals surface area contributed by atoms with Crippen LogP contribution in [0.25, 0.3) is 0 Å². The van der Waals surface area contributed by atoms with Crippen LogP contribution in [0, 0.1) is 17.3 Å². The summed E-state index contributed by atoms with van der Waals surface area (Å²) >= 11 is 0. The fourth-order valence-electron chi connectivity index (χ4n) is 2.95. The van der Waals surface area contributed by atoms with E-state index >= 15 is 0 Å². The van der Waals surface area contributed by atoms with Gasteiger partial charge in [0.1, 0.15) is 0 Å². The van der Waals surface area contributed by atoms with Crippen molar-refractivity contribution in [3.05, 3.63) is 0 Å². The summed E-state index contributed by atoms with van der Waals surface area (Å²) in [7, 11) is 1.87. The first-order chi connectivity index (χ1) is 6.04. The van der Waals surface area contributed by atoms with Crippen LogP contribution in [0.3, 0.4) is 0 Å². The van der Waals surface area contributed by atoms with Crippen molar-refractivity contribution in [2.45, 2.75) is 53.1 Å². The fourth-order valence-corrected chi connectivity index (χ4v) is 2.95. The topological polar surface area (TPSA) is 9.23 Å². The summed E-state index contributed by atoms with van der Waals surface area (Å²) in [5.74, 6) is 1.40. The number of ether oxygens (including phenoxy) is 1. The third-order valence-electron chi connectivity index (χ3n) is 3.86. The van der Waals surface area contributed by atoms with Crippen LogP contribution in [0.15, 0.2) is 0 Å². The van der Waals surface area contributed by atoms with E-state index in [0.29, 0.717) is 17.4 Å². The standard InChI is InChI=1S/C12H24O/c1-9(2)11(13-5)12(10(3)4)7-6-8-12/h9-11H,6-8H2,1-5H3. The van der Waals surface area contributed by atoms with Crippen molar-refractivity contribution in [1.29, 1.82) is 0 Å². The first-order valence-corrected chi connectivity index (χ1v) is 5.57. The van der Waals surface area contributed by atoms with Crippen molar-refractivity contribution in [2.24, 2.45) is 17.3 Å². The van der Waals surface area contributed by atoms with Crippen LogP contribution in [-0.4, -0.2) is 13.2 Å². The molecule has 1 fully saturated rings. The van der Waals surface area contributed by atoms with Gasteiger partial charge < -0.3 is 4.74 Å². The monoisotopic (exact) mass is 184 g/mol. The van der Waals surface area contributed by atoms with Crippen LogP contribution in [-0.2, 0) is 4.74 Å². The molecule has 1 rings (SSSR count). The third-order valence-corrected chi connectivity index (χ3v) is 3.86. The summed E-state index contributed by atoms with van der Waals surface area (Å²) in [5.41, 5.74) is 0.489. The molecule has 1 atom stereocenters. The van der Waals surface area contributed by atoms with Gasteiger partial charge in [0, 0.05) is 7.11 Å². The maximum Gasteiger partial charge on any atom is 0.0652 e. The Hall–Kier alpha value is -0.0400. The number of methoxy groups -OCH3 is 1. The first-order valence-electron chi connectivity index (χ1n) is 5.57. The molecule has 1 unspecified atom stereocenters. The van der Waals surface area contributed by atoms with E-state index < -0.39 is 0 Å². The quantitative estimate of drug-likeness (QED) is 0.650. The van der Waals surface area contributed by atoms with Crippen molar-refractivity contribution in [3.8, 4) is 0 Å². The van der Waals surface area contributed by atoms with E-state index in [1.807, 2.05) is 7.11 Å². The van der Waals surface area contributed by atoms with Gasteiger partial charge in [-0.05, 0) is 30.1 Å². The minimum atomic E-state index is 0.459. The predicted molar refractivity (Wildman–Crippen MR) is 56.8 cm³/mol. The molecule has 1 aliphatic rings. The second kappa shape index (κ2) is 4.00. The van der Waals surface area contributed by atoms with Crippen molar-refractivity contribution in [1.82, 2.24) is 0 Å². The van der Waals surface area contributed by atoms with Gasteiger partial charge in [-0.15, -0.1) is 0 Å². The van der Waals surface area contributed by atoms with E-state index in [0.717, 1.165) is 5.92 Å². The van der Waals surface area contributed by atoms with Crippen LogP contribution in [0.1, 0.15) is 47.0 Å². The molecule has 78 valence electrons. The number of hydrogen-bond donors (Lipinski definition) is 0. The van der Waals surface area contributed by atoms with Crippen LogP contribution in [0.5, 0.6) is 0 Å². The molecule has 0 heterocycles. The Morgan fingerprint density at radius 1 is 1.08 bits per heavy atom. The Balaban J connectivity index is 2.73. The highest BCUT2D eigenvalue weighted by molar-refractivity contribution is 4.97. The van der Waals surface area contributed by atoms with Gasteiger partial charge in [-0.1, -0.05) is 34.1 Å². The smallest absolute Gasteiger partial charge is 0.0652 e. The lowest BCUT2D eigenvalue weighted by Gasteiger charge is -2.51. The molecule has 0 aromatic carbocycles. The van der Waals surface area contributed by atoms with Gasteiger partial charge in [-0.25, -0.2) is 0 Å². The van der Waals surface area contributed by atoms with Gasteiger partial charge >= 0.3 is 0 Å². The largest absolute Gasteiger partial charge is 0.381 e. The molecular weight excluding hydrogens is 160 g/mol. The number of rotatable bonds is 4. The first kappa shape index (κ1) is 11.0. The highest BCUT2D eigenvalue weighted by Crippen LogP contribution is 2.52. The lowest BCUT2D eigenvalue weighted by atomic mass is 9.57. The molecule has 1 saturated carbocycles. The zero-order valence-corrected chi connectivity index (χ0v) is 9.76. The van der Waals surface area contributed by atoms with E-state index in [4.69, 9.17) is 4.74 Å². The summed E-state index contributed by atoms with van der Waals surface area (Å²) in [4.78, 5) is 0.